The maximum absolute atomic E-state index is 12.9. The summed E-state index contributed by atoms with van der Waals surface area (Å²) in [6, 6.07) is 5.38. The van der Waals surface area contributed by atoms with Crippen molar-refractivity contribution in [3.63, 3.8) is 0 Å². The second kappa shape index (κ2) is 10.9. The van der Waals surface area contributed by atoms with Crippen LogP contribution < -0.4 is 10.4 Å². The molecule has 3 aromatic rings. The van der Waals surface area contributed by atoms with Gasteiger partial charge < -0.3 is 19.7 Å². The zero-order valence-electron chi connectivity index (χ0n) is 20.0. The minimum absolute atomic E-state index is 0.0396. The number of aryl methyl sites for hydroxylation is 1. The zero-order chi connectivity index (χ0) is 25.1. The van der Waals surface area contributed by atoms with Crippen molar-refractivity contribution >= 4 is 40.5 Å². The first-order chi connectivity index (χ1) is 16.7. The number of rotatable bonds is 11. The Morgan fingerprint density at radius 3 is 2.71 bits per heavy atom. The topological polar surface area (TPSA) is 121 Å². The van der Waals surface area contributed by atoms with Crippen molar-refractivity contribution in [2.24, 2.45) is 5.92 Å². The molecule has 1 aromatic carbocycles. The number of amides is 1. The zero-order valence-corrected chi connectivity index (χ0v) is 21.5. The Balaban J connectivity index is 1.60. The van der Waals surface area contributed by atoms with Crippen LogP contribution in [0.1, 0.15) is 79.6 Å². The summed E-state index contributed by atoms with van der Waals surface area (Å²) in [5.41, 5.74) is 3.03. The van der Waals surface area contributed by atoms with E-state index < -0.39 is 11.9 Å². The number of benzene rings is 1. The number of nitrogens with one attached hydrogen (secondary N) is 1. The number of halogens is 1. The molecule has 1 fully saturated rings. The third-order valence-electron chi connectivity index (χ3n) is 5.90. The number of carboxylic acid groups (broad SMARTS) is 1. The molecule has 35 heavy (non-hydrogen) atoms. The van der Waals surface area contributed by atoms with Crippen LogP contribution in [0.15, 0.2) is 22.7 Å². The quantitative estimate of drug-likeness (QED) is 0.386. The predicted octanol–water partition coefficient (Wildman–Crippen LogP) is 4.87. The van der Waals surface area contributed by atoms with Gasteiger partial charge in [0.2, 0.25) is 11.7 Å². The van der Waals surface area contributed by atoms with Crippen LogP contribution in [-0.2, 0) is 16.0 Å². The van der Waals surface area contributed by atoms with Gasteiger partial charge in [0.05, 0.1) is 16.4 Å². The van der Waals surface area contributed by atoms with Crippen molar-refractivity contribution in [3.8, 4) is 10.8 Å². The second-order valence-electron chi connectivity index (χ2n) is 9.53. The molecule has 0 aliphatic heterocycles. The average Bonchev–Trinajstić information content (AvgIpc) is 3.36. The maximum Gasteiger partial charge on any atom is 0.225 e. The number of aromatic nitrogens is 3. The van der Waals surface area contributed by atoms with Gasteiger partial charge in [0, 0.05) is 30.3 Å². The van der Waals surface area contributed by atoms with Gasteiger partial charge in [-0.25, -0.2) is 0 Å². The van der Waals surface area contributed by atoms with Crippen molar-refractivity contribution in [1.29, 1.82) is 0 Å². The van der Waals surface area contributed by atoms with Gasteiger partial charge in [-0.15, -0.1) is 10.2 Å². The van der Waals surface area contributed by atoms with Crippen LogP contribution >= 0.6 is 22.9 Å². The van der Waals surface area contributed by atoms with Crippen LogP contribution in [0.4, 0.5) is 5.69 Å². The monoisotopic (exact) mass is 515 g/mol. The largest absolute Gasteiger partial charge is 0.550 e. The molecule has 0 spiro atoms. The van der Waals surface area contributed by atoms with Gasteiger partial charge in [-0.2, -0.15) is 0 Å². The SMILES string of the molecule is Cc1ccc(NC(=O)C[C@H](CCC(=O)[O-])c2noc(-c3nnc(CC(C)C)s3)c2C2CC2)c(Cl)c1. The number of anilines is 1. The first-order valence-corrected chi connectivity index (χ1v) is 13.0. The maximum atomic E-state index is 12.9. The normalized spacial score (nSPS) is 14.3. The molecule has 1 N–H and O–H groups in total. The Hall–Kier alpha value is -2.78. The van der Waals surface area contributed by atoms with E-state index in [4.69, 9.17) is 16.1 Å². The number of carbonyl (C=O) groups is 2. The summed E-state index contributed by atoms with van der Waals surface area (Å²) in [5, 5.41) is 29.1. The van der Waals surface area contributed by atoms with Gasteiger partial charge in [-0.3, -0.25) is 4.79 Å². The molecule has 4 rings (SSSR count). The molecule has 1 atom stereocenters. The molecule has 1 saturated carbocycles. The molecule has 0 saturated heterocycles. The third kappa shape index (κ3) is 6.46. The van der Waals surface area contributed by atoms with E-state index in [1.165, 1.54) is 11.3 Å². The Labute approximate surface area is 213 Å². The lowest BCUT2D eigenvalue weighted by Gasteiger charge is -2.17. The van der Waals surface area contributed by atoms with E-state index in [9.17, 15) is 14.7 Å². The molecule has 0 radical (unpaired) electrons. The van der Waals surface area contributed by atoms with Crippen molar-refractivity contribution in [1.82, 2.24) is 15.4 Å². The highest BCUT2D eigenvalue weighted by Crippen LogP contribution is 2.49. The summed E-state index contributed by atoms with van der Waals surface area (Å²) >= 11 is 7.75. The van der Waals surface area contributed by atoms with Gasteiger partial charge in [0.25, 0.3) is 0 Å². The van der Waals surface area contributed by atoms with Crippen molar-refractivity contribution in [3.05, 3.63) is 45.1 Å². The van der Waals surface area contributed by atoms with Crippen LogP contribution in [0.25, 0.3) is 10.8 Å². The van der Waals surface area contributed by atoms with Crippen molar-refractivity contribution in [2.45, 2.75) is 71.1 Å². The minimum Gasteiger partial charge on any atom is -0.550 e. The lowest BCUT2D eigenvalue weighted by molar-refractivity contribution is -0.305. The van der Waals surface area contributed by atoms with Gasteiger partial charge in [-0.1, -0.05) is 48.0 Å². The van der Waals surface area contributed by atoms with Gasteiger partial charge in [0.15, 0.2) is 5.01 Å². The van der Waals surface area contributed by atoms with E-state index >= 15 is 0 Å². The number of aliphatic carboxylic acids is 1. The highest BCUT2D eigenvalue weighted by Gasteiger charge is 2.37. The van der Waals surface area contributed by atoms with Crippen LogP contribution in [0.5, 0.6) is 0 Å². The molecule has 2 aromatic heterocycles. The van der Waals surface area contributed by atoms with Crippen LogP contribution in [0, 0.1) is 12.8 Å². The van der Waals surface area contributed by atoms with Crippen LogP contribution in [0.3, 0.4) is 0 Å². The predicted molar refractivity (Wildman–Crippen MR) is 132 cm³/mol. The molecular formula is C25H28ClN4O4S-. The second-order valence-corrected chi connectivity index (χ2v) is 11.0. The summed E-state index contributed by atoms with van der Waals surface area (Å²) in [5.74, 6) is -0.609. The van der Waals surface area contributed by atoms with Crippen molar-refractivity contribution in [2.75, 3.05) is 5.32 Å². The summed E-state index contributed by atoms with van der Waals surface area (Å²) in [4.78, 5) is 24.2. The Morgan fingerprint density at radius 1 is 1.29 bits per heavy atom. The lowest BCUT2D eigenvalue weighted by atomic mass is 9.90. The van der Waals surface area contributed by atoms with Crippen LogP contribution in [0.2, 0.25) is 5.02 Å². The Bertz CT molecular complexity index is 1220. The molecule has 2 heterocycles. The van der Waals surface area contributed by atoms with Gasteiger partial charge >= 0.3 is 0 Å². The summed E-state index contributed by atoms with van der Waals surface area (Å²) < 4.78 is 5.76. The fourth-order valence-corrected chi connectivity index (χ4v) is 5.40. The Kier molecular flexibility index (Phi) is 7.86. The van der Waals surface area contributed by atoms with Gasteiger partial charge in [-0.05, 0) is 62.1 Å². The number of nitrogens with zero attached hydrogens (tertiary/aromatic N) is 3. The number of hydrogen-bond acceptors (Lipinski definition) is 8. The highest BCUT2D eigenvalue weighted by atomic mass is 35.5. The highest BCUT2D eigenvalue weighted by molar-refractivity contribution is 7.14. The summed E-state index contributed by atoms with van der Waals surface area (Å²) in [7, 11) is 0. The van der Waals surface area contributed by atoms with E-state index in [1.54, 1.807) is 12.1 Å². The molecule has 186 valence electrons. The summed E-state index contributed by atoms with van der Waals surface area (Å²) in [6.45, 7) is 6.17. The molecule has 1 aliphatic carbocycles. The van der Waals surface area contributed by atoms with Crippen molar-refractivity contribution < 1.29 is 19.2 Å². The molecule has 1 amide bonds. The fourth-order valence-electron chi connectivity index (χ4n) is 4.08. The first-order valence-electron chi connectivity index (χ1n) is 11.8. The van der Waals surface area contributed by atoms with Gasteiger partial charge in [0.1, 0.15) is 5.01 Å². The molecule has 0 unspecified atom stereocenters. The molecule has 1 aliphatic rings. The van der Waals surface area contributed by atoms with E-state index in [-0.39, 0.29) is 31.1 Å². The lowest BCUT2D eigenvalue weighted by Crippen LogP contribution is -2.24. The third-order valence-corrected chi connectivity index (χ3v) is 7.16. The molecule has 10 heteroatoms. The van der Waals surface area contributed by atoms with E-state index in [0.29, 0.717) is 33.1 Å². The number of carbonyl (C=O) groups excluding carboxylic acids is 2. The van der Waals surface area contributed by atoms with E-state index in [0.717, 1.165) is 35.4 Å². The fraction of sp³-hybridized carbons (Fsp3) is 0.480. The smallest absolute Gasteiger partial charge is 0.225 e. The van der Waals surface area contributed by atoms with E-state index in [2.05, 4.69) is 34.5 Å². The molecular weight excluding hydrogens is 488 g/mol. The minimum atomic E-state index is -1.17. The number of carboxylic acids is 1. The summed E-state index contributed by atoms with van der Waals surface area (Å²) in [6.07, 6.45) is 2.85. The molecule has 8 nitrogen and oxygen atoms in total. The number of hydrogen-bond donors (Lipinski definition) is 1. The van der Waals surface area contributed by atoms with E-state index in [1.807, 2.05) is 13.0 Å². The standard InChI is InChI=1S/C25H29ClN4O4S/c1-13(2)10-20-28-29-25(35-20)24-22(15-5-6-15)23(30-34-24)16(7-9-21(32)33)12-19(31)27-18-8-4-14(3)11-17(18)26/h4,8,11,13,15-16H,5-7,9-10,12H2,1-3H3,(H,27,31)(H,32,33)/p-1/t16-/m0/s1. The Morgan fingerprint density at radius 2 is 2.06 bits per heavy atom. The average molecular weight is 516 g/mol. The first kappa shape index (κ1) is 25.3. The molecule has 0 bridgehead atoms. The van der Waals surface area contributed by atoms with Crippen LogP contribution in [-0.4, -0.2) is 27.2 Å².